The number of carbonyl (C=O) groups excluding carboxylic acids is 1. The van der Waals surface area contributed by atoms with E-state index in [1.165, 1.54) is 5.56 Å². The van der Waals surface area contributed by atoms with Gasteiger partial charge in [0.1, 0.15) is 0 Å². The lowest BCUT2D eigenvalue weighted by Crippen LogP contribution is -2.13. The molecule has 1 amide bonds. The largest absolute Gasteiger partial charge is 0.319 e. The highest BCUT2D eigenvalue weighted by Crippen LogP contribution is 2.23. The highest BCUT2D eigenvalue weighted by atomic mass is 16.1. The van der Waals surface area contributed by atoms with Crippen molar-refractivity contribution in [3.05, 3.63) is 76.6 Å². The molecule has 0 spiro atoms. The maximum Gasteiger partial charge on any atom is 0.255 e. The van der Waals surface area contributed by atoms with Crippen LogP contribution in [0.2, 0.25) is 0 Å². The molecule has 1 heterocycles. The van der Waals surface area contributed by atoms with Gasteiger partial charge >= 0.3 is 0 Å². The fraction of sp³-hybridized carbons (Fsp3) is 0.200. The van der Waals surface area contributed by atoms with Crippen molar-refractivity contribution < 1.29 is 4.79 Å². The van der Waals surface area contributed by atoms with E-state index in [1.807, 2.05) is 61.9 Å². The molecular weight excluding hydrogens is 298 g/mol. The van der Waals surface area contributed by atoms with Crippen LogP contribution in [0.5, 0.6) is 0 Å². The van der Waals surface area contributed by atoms with Gasteiger partial charge in [0.05, 0.1) is 22.8 Å². The van der Waals surface area contributed by atoms with Crippen molar-refractivity contribution in [1.82, 2.24) is 9.78 Å². The summed E-state index contributed by atoms with van der Waals surface area (Å²) in [5.41, 5.74) is 6.44. The van der Waals surface area contributed by atoms with Crippen LogP contribution in [0.4, 0.5) is 5.69 Å². The molecule has 0 bridgehead atoms. The number of nitrogens with one attached hydrogen (secondary N) is 1. The molecule has 4 heteroatoms. The predicted octanol–water partition coefficient (Wildman–Crippen LogP) is 4.36. The number of hydrogen-bond acceptors (Lipinski definition) is 2. The maximum atomic E-state index is 12.5. The first-order valence-corrected chi connectivity index (χ1v) is 7.97. The number of aromatic nitrogens is 2. The fourth-order valence-electron chi connectivity index (χ4n) is 2.65. The lowest BCUT2D eigenvalue weighted by Gasteiger charge is -2.08. The van der Waals surface area contributed by atoms with Crippen LogP contribution in [0.1, 0.15) is 32.9 Å². The second-order valence-corrected chi connectivity index (χ2v) is 6.11. The number of nitrogens with zero attached hydrogens (tertiary/aromatic N) is 2. The zero-order valence-corrected chi connectivity index (χ0v) is 14.4. The third-order valence-electron chi connectivity index (χ3n) is 4.12. The molecule has 0 aliphatic rings. The molecule has 0 unspecified atom stereocenters. The van der Waals surface area contributed by atoms with Crippen molar-refractivity contribution in [2.24, 2.45) is 0 Å². The fourth-order valence-corrected chi connectivity index (χ4v) is 2.65. The zero-order chi connectivity index (χ0) is 17.3. The molecule has 0 aliphatic carbocycles. The number of aryl methyl sites for hydroxylation is 3. The van der Waals surface area contributed by atoms with E-state index in [-0.39, 0.29) is 5.91 Å². The van der Waals surface area contributed by atoms with Gasteiger partial charge in [0.25, 0.3) is 5.91 Å². The Bertz CT molecular complexity index is 874. The Balaban J connectivity index is 1.90. The molecule has 4 nitrogen and oxygen atoms in total. The Hall–Kier alpha value is -2.88. The zero-order valence-electron chi connectivity index (χ0n) is 14.4. The second kappa shape index (κ2) is 6.32. The minimum Gasteiger partial charge on any atom is -0.319 e. The molecule has 1 N–H and O–H groups in total. The summed E-state index contributed by atoms with van der Waals surface area (Å²) >= 11 is 0. The van der Waals surface area contributed by atoms with Gasteiger partial charge in [-0.05, 0) is 52.0 Å². The third-order valence-corrected chi connectivity index (χ3v) is 4.12. The van der Waals surface area contributed by atoms with Crippen LogP contribution in [0.15, 0.2) is 48.5 Å². The monoisotopic (exact) mass is 319 g/mol. The van der Waals surface area contributed by atoms with E-state index >= 15 is 0 Å². The molecule has 24 heavy (non-hydrogen) atoms. The first-order chi connectivity index (χ1) is 11.5. The van der Waals surface area contributed by atoms with Crippen molar-refractivity contribution in [2.45, 2.75) is 27.7 Å². The first kappa shape index (κ1) is 16.0. The highest BCUT2D eigenvalue weighted by molar-refractivity contribution is 6.04. The first-order valence-electron chi connectivity index (χ1n) is 7.97. The summed E-state index contributed by atoms with van der Waals surface area (Å²) in [5, 5.41) is 7.57. The molecule has 1 aromatic heterocycles. The van der Waals surface area contributed by atoms with E-state index < -0.39 is 0 Å². The standard InChI is InChI=1S/C20H21N3O/c1-13-5-9-17(10-6-13)20(24)21-19-15(3)22-23(16(19)4)18-11-7-14(2)8-12-18/h5-12H,1-4H3,(H,21,24). The second-order valence-electron chi connectivity index (χ2n) is 6.11. The Kier molecular flexibility index (Phi) is 4.21. The van der Waals surface area contributed by atoms with Crippen LogP contribution in [-0.4, -0.2) is 15.7 Å². The van der Waals surface area contributed by atoms with E-state index in [1.54, 1.807) is 0 Å². The molecule has 0 saturated heterocycles. The van der Waals surface area contributed by atoms with Crippen LogP contribution in [0, 0.1) is 27.7 Å². The van der Waals surface area contributed by atoms with Crippen LogP contribution in [-0.2, 0) is 0 Å². The molecule has 2 aromatic carbocycles. The van der Waals surface area contributed by atoms with Crippen molar-refractivity contribution in [3.63, 3.8) is 0 Å². The predicted molar refractivity (Wildman–Crippen MR) is 96.9 cm³/mol. The summed E-state index contributed by atoms with van der Waals surface area (Å²) in [7, 11) is 0. The average molecular weight is 319 g/mol. The number of anilines is 1. The molecule has 0 radical (unpaired) electrons. The molecule has 0 aliphatic heterocycles. The highest BCUT2D eigenvalue weighted by Gasteiger charge is 2.16. The lowest BCUT2D eigenvalue weighted by molar-refractivity contribution is 0.102. The quantitative estimate of drug-likeness (QED) is 0.780. The number of carbonyl (C=O) groups is 1. The van der Waals surface area contributed by atoms with Gasteiger partial charge in [-0.15, -0.1) is 0 Å². The van der Waals surface area contributed by atoms with Gasteiger partial charge in [-0.1, -0.05) is 35.4 Å². The van der Waals surface area contributed by atoms with Crippen LogP contribution in [0.25, 0.3) is 5.69 Å². The molecule has 3 rings (SSSR count). The summed E-state index contributed by atoms with van der Waals surface area (Å²) in [6, 6.07) is 15.7. The van der Waals surface area contributed by atoms with E-state index in [2.05, 4.69) is 29.5 Å². The van der Waals surface area contributed by atoms with Gasteiger partial charge in [0.2, 0.25) is 0 Å². The number of benzene rings is 2. The molecule has 122 valence electrons. The van der Waals surface area contributed by atoms with E-state index in [0.717, 1.165) is 28.3 Å². The number of rotatable bonds is 3. The average Bonchev–Trinajstić information content (AvgIpc) is 2.84. The van der Waals surface area contributed by atoms with E-state index in [9.17, 15) is 4.79 Å². The van der Waals surface area contributed by atoms with Crippen LogP contribution < -0.4 is 5.32 Å². The van der Waals surface area contributed by atoms with Crippen molar-refractivity contribution in [2.75, 3.05) is 5.32 Å². The Morgan fingerprint density at radius 2 is 1.42 bits per heavy atom. The van der Waals surface area contributed by atoms with Crippen molar-refractivity contribution in [3.8, 4) is 5.69 Å². The van der Waals surface area contributed by atoms with Gasteiger partial charge in [-0.2, -0.15) is 5.10 Å². The Labute approximate surface area is 142 Å². The lowest BCUT2D eigenvalue weighted by atomic mass is 10.1. The van der Waals surface area contributed by atoms with E-state index in [4.69, 9.17) is 0 Å². The Morgan fingerprint density at radius 3 is 2.00 bits per heavy atom. The summed E-state index contributed by atoms with van der Waals surface area (Å²) in [4.78, 5) is 12.5. The number of amides is 1. The summed E-state index contributed by atoms with van der Waals surface area (Å²) < 4.78 is 1.86. The summed E-state index contributed by atoms with van der Waals surface area (Å²) in [6.45, 7) is 7.92. The topological polar surface area (TPSA) is 46.9 Å². The molecular formula is C20H21N3O. The third kappa shape index (κ3) is 3.08. The maximum absolute atomic E-state index is 12.5. The normalized spacial score (nSPS) is 10.7. The van der Waals surface area contributed by atoms with Gasteiger partial charge < -0.3 is 5.32 Å². The SMILES string of the molecule is Cc1ccc(C(=O)Nc2c(C)nn(-c3ccc(C)cc3)c2C)cc1. The summed E-state index contributed by atoms with van der Waals surface area (Å²) in [6.07, 6.45) is 0. The minimum absolute atomic E-state index is 0.121. The van der Waals surface area contributed by atoms with E-state index in [0.29, 0.717) is 5.56 Å². The smallest absolute Gasteiger partial charge is 0.255 e. The van der Waals surface area contributed by atoms with Crippen LogP contribution >= 0.6 is 0 Å². The van der Waals surface area contributed by atoms with Crippen molar-refractivity contribution in [1.29, 1.82) is 0 Å². The molecule has 0 fully saturated rings. The van der Waals surface area contributed by atoms with Gasteiger partial charge in [0, 0.05) is 5.56 Å². The van der Waals surface area contributed by atoms with Crippen LogP contribution in [0.3, 0.4) is 0 Å². The molecule has 0 atom stereocenters. The molecule has 3 aromatic rings. The minimum atomic E-state index is -0.121. The van der Waals surface area contributed by atoms with Gasteiger partial charge in [0.15, 0.2) is 0 Å². The van der Waals surface area contributed by atoms with Crippen molar-refractivity contribution >= 4 is 11.6 Å². The summed E-state index contributed by atoms with van der Waals surface area (Å²) in [5.74, 6) is -0.121. The van der Waals surface area contributed by atoms with Gasteiger partial charge in [-0.25, -0.2) is 4.68 Å². The molecule has 0 saturated carbocycles. The number of hydrogen-bond donors (Lipinski definition) is 1. The van der Waals surface area contributed by atoms with Gasteiger partial charge in [-0.3, -0.25) is 4.79 Å². The Morgan fingerprint density at radius 1 is 0.875 bits per heavy atom.